The first-order valence-electron chi connectivity index (χ1n) is 15.9. The SMILES string of the molecule is CN1CCCC1COc1nc2c(c(N3CCNC(OCC#N)C3)n1)CCCN(c1ccccc1COC1CCCCO1)C2. The average molecular weight is 592 g/mol. The first kappa shape index (κ1) is 30.0. The molecule has 6 rings (SSSR count). The van der Waals surface area contributed by atoms with Crippen molar-refractivity contribution in [3.63, 3.8) is 0 Å². The van der Waals surface area contributed by atoms with E-state index in [0.29, 0.717) is 38.4 Å². The van der Waals surface area contributed by atoms with Crippen LogP contribution in [0.3, 0.4) is 0 Å². The number of ether oxygens (including phenoxy) is 4. The molecule has 0 saturated carbocycles. The summed E-state index contributed by atoms with van der Waals surface area (Å²) in [6, 6.07) is 11.4. The molecule has 11 heteroatoms. The zero-order valence-electron chi connectivity index (χ0n) is 25.4. The number of hydrogen-bond donors (Lipinski definition) is 1. The van der Waals surface area contributed by atoms with Crippen LogP contribution in [-0.4, -0.2) is 93.0 Å². The van der Waals surface area contributed by atoms with Gasteiger partial charge in [0.05, 0.1) is 31.5 Å². The number of likely N-dealkylation sites (tertiary alicyclic amines) is 1. The fourth-order valence-corrected chi connectivity index (χ4v) is 6.61. The molecule has 1 aromatic heterocycles. The largest absolute Gasteiger partial charge is 0.462 e. The third-order valence-corrected chi connectivity index (χ3v) is 9.01. The lowest BCUT2D eigenvalue weighted by Gasteiger charge is -2.35. The van der Waals surface area contributed by atoms with Crippen LogP contribution in [0.4, 0.5) is 11.5 Å². The topological polar surface area (TPSA) is 108 Å². The summed E-state index contributed by atoms with van der Waals surface area (Å²) in [5.41, 5.74) is 4.53. The van der Waals surface area contributed by atoms with Gasteiger partial charge in [-0.1, -0.05) is 18.2 Å². The highest BCUT2D eigenvalue weighted by molar-refractivity contribution is 5.57. The molecule has 3 atom stereocenters. The van der Waals surface area contributed by atoms with Crippen LogP contribution in [0, 0.1) is 11.3 Å². The van der Waals surface area contributed by atoms with Gasteiger partial charge < -0.3 is 33.6 Å². The van der Waals surface area contributed by atoms with Gasteiger partial charge in [0, 0.05) is 49.1 Å². The molecule has 3 unspecified atom stereocenters. The molecule has 11 nitrogen and oxygen atoms in total. The molecule has 0 bridgehead atoms. The van der Waals surface area contributed by atoms with E-state index in [4.69, 9.17) is 34.2 Å². The predicted molar refractivity (Wildman–Crippen MR) is 163 cm³/mol. The molecular formula is C32H45N7O4. The second-order valence-electron chi connectivity index (χ2n) is 12.0. The lowest BCUT2D eigenvalue weighted by atomic mass is 10.1. The highest BCUT2D eigenvalue weighted by Crippen LogP contribution is 2.33. The number of nitrogens with zero attached hydrogens (tertiary/aromatic N) is 6. The number of fused-ring (bicyclic) bond motifs is 1. The molecule has 1 N–H and O–H groups in total. The quantitative estimate of drug-likeness (QED) is 0.440. The number of nitriles is 1. The minimum absolute atomic E-state index is 0.0572. The van der Waals surface area contributed by atoms with Gasteiger partial charge in [-0.15, -0.1) is 0 Å². The minimum Gasteiger partial charge on any atom is -0.462 e. The zero-order valence-corrected chi connectivity index (χ0v) is 25.4. The van der Waals surface area contributed by atoms with Crippen LogP contribution in [0.25, 0.3) is 0 Å². The molecule has 0 spiro atoms. The molecule has 0 aliphatic carbocycles. The first-order chi connectivity index (χ1) is 21.2. The maximum Gasteiger partial charge on any atom is 0.318 e. The Bertz CT molecular complexity index is 1250. The van der Waals surface area contributed by atoms with Gasteiger partial charge >= 0.3 is 6.01 Å². The molecule has 0 amide bonds. The van der Waals surface area contributed by atoms with Crippen LogP contribution in [0.2, 0.25) is 0 Å². The van der Waals surface area contributed by atoms with Crippen molar-refractivity contribution < 1.29 is 18.9 Å². The van der Waals surface area contributed by atoms with E-state index in [-0.39, 0.29) is 19.1 Å². The Balaban J connectivity index is 1.25. The fourth-order valence-electron chi connectivity index (χ4n) is 6.61. The lowest BCUT2D eigenvalue weighted by Crippen LogP contribution is -2.52. The van der Waals surface area contributed by atoms with E-state index in [1.807, 2.05) is 0 Å². The number of rotatable bonds is 10. The monoisotopic (exact) mass is 591 g/mol. The maximum atomic E-state index is 9.04. The fraction of sp³-hybridized carbons (Fsp3) is 0.656. The Morgan fingerprint density at radius 1 is 1.05 bits per heavy atom. The maximum absolute atomic E-state index is 9.04. The van der Waals surface area contributed by atoms with Gasteiger partial charge in [0.25, 0.3) is 0 Å². The van der Waals surface area contributed by atoms with Crippen LogP contribution in [0.5, 0.6) is 6.01 Å². The predicted octanol–water partition coefficient (Wildman–Crippen LogP) is 3.22. The Kier molecular flexibility index (Phi) is 10.2. The molecule has 5 heterocycles. The van der Waals surface area contributed by atoms with Crippen molar-refractivity contribution in [1.29, 1.82) is 5.26 Å². The van der Waals surface area contributed by atoms with E-state index in [0.717, 1.165) is 88.4 Å². The van der Waals surface area contributed by atoms with E-state index >= 15 is 0 Å². The van der Waals surface area contributed by atoms with Crippen molar-refractivity contribution in [3.05, 3.63) is 41.1 Å². The molecule has 1 aromatic carbocycles. The molecule has 4 aliphatic rings. The average Bonchev–Trinajstić information content (AvgIpc) is 3.34. The summed E-state index contributed by atoms with van der Waals surface area (Å²) in [5, 5.41) is 12.4. The third-order valence-electron chi connectivity index (χ3n) is 9.01. The van der Waals surface area contributed by atoms with Crippen molar-refractivity contribution in [2.24, 2.45) is 0 Å². The van der Waals surface area contributed by atoms with E-state index in [9.17, 15) is 0 Å². The number of anilines is 2. The molecule has 2 aromatic rings. The van der Waals surface area contributed by atoms with E-state index in [2.05, 4.69) is 57.4 Å². The van der Waals surface area contributed by atoms with Gasteiger partial charge in [-0.3, -0.25) is 5.32 Å². The number of aromatic nitrogens is 2. The van der Waals surface area contributed by atoms with Crippen molar-refractivity contribution >= 4 is 11.5 Å². The summed E-state index contributed by atoms with van der Waals surface area (Å²) in [6.07, 6.45) is 7.05. The van der Waals surface area contributed by atoms with Gasteiger partial charge in [-0.05, 0) is 64.6 Å². The summed E-state index contributed by atoms with van der Waals surface area (Å²) in [6.45, 7) is 6.77. The lowest BCUT2D eigenvalue weighted by molar-refractivity contribution is -0.168. The highest BCUT2D eigenvalue weighted by Gasteiger charge is 2.29. The zero-order chi connectivity index (χ0) is 29.4. The molecule has 0 radical (unpaired) electrons. The van der Waals surface area contributed by atoms with E-state index in [1.165, 1.54) is 17.7 Å². The Hall–Kier alpha value is -3.01. The number of hydrogen-bond acceptors (Lipinski definition) is 11. The second kappa shape index (κ2) is 14.6. The molecule has 4 aliphatic heterocycles. The number of piperazine rings is 1. The molecule has 43 heavy (non-hydrogen) atoms. The van der Waals surface area contributed by atoms with Crippen molar-refractivity contribution in [2.75, 3.05) is 69.4 Å². The van der Waals surface area contributed by atoms with Gasteiger partial charge in [0.15, 0.2) is 6.29 Å². The van der Waals surface area contributed by atoms with Crippen molar-refractivity contribution in [2.45, 2.75) is 76.7 Å². The Morgan fingerprint density at radius 2 is 1.98 bits per heavy atom. The number of likely N-dealkylation sites (N-methyl/N-ethyl adjacent to an activating group) is 1. The van der Waals surface area contributed by atoms with Crippen LogP contribution in [0.1, 0.15) is 55.3 Å². The molecular weight excluding hydrogens is 546 g/mol. The second-order valence-corrected chi connectivity index (χ2v) is 12.0. The Labute approximate surface area is 255 Å². The summed E-state index contributed by atoms with van der Waals surface area (Å²) in [5.74, 6) is 0.930. The van der Waals surface area contributed by atoms with Crippen LogP contribution < -0.4 is 19.9 Å². The Morgan fingerprint density at radius 3 is 2.81 bits per heavy atom. The van der Waals surface area contributed by atoms with Gasteiger partial charge in [-0.25, -0.2) is 0 Å². The van der Waals surface area contributed by atoms with E-state index < -0.39 is 0 Å². The smallest absolute Gasteiger partial charge is 0.318 e. The first-order valence-corrected chi connectivity index (χ1v) is 15.9. The number of para-hydroxylation sites is 1. The normalized spacial score (nSPS) is 24.8. The highest BCUT2D eigenvalue weighted by atomic mass is 16.7. The van der Waals surface area contributed by atoms with Gasteiger partial charge in [0.1, 0.15) is 25.3 Å². The molecule has 3 saturated heterocycles. The number of benzene rings is 1. The number of nitrogens with one attached hydrogen (secondary N) is 1. The van der Waals surface area contributed by atoms with E-state index in [1.54, 1.807) is 0 Å². The minimum atomic E-state index is -0.224. The van der Waals surface area contributed by atoms with Crippen LogP contribution >= 0.6 is 0 Å². The van der Waals surface area contributed by atoms with Crippen molar-refractivity contribution in [1.82, 2.24) is 20.2 Å². The molecule has 232 valence electrons. The summed E-state index contributed by atoms with van der Waals surface area (Å²) in [4.78, 5) is 17.1. The summed E-state index contributed by atoms with van der Waals surface area (Å²) >= 11 is 0. The van der Waals surface area contributed by atoms with Crippen LogP contribution in [-0.2, 0) is 33.8 Å². The van der Waals surface area contributed by atoms with Gasteiger partial charge in [0.2, 0.25) is 0 Å². The molecule has 3 fully saturated rings. The summed E-state index contributed by atoms with van der Waals surface area (Å²) < 4.78 is 24.1. The standard InChI is InChI=1S/C32H45N7O4/c1-37-15-6-9-25(37)23-43-32-35-27-20-38(28-11-3-2-8-24(28)22-42-30-12-4-5-18-41-30)16-7-10-26(27)31(36-32)39-17-14-34-29(21-39)40-19-13-33/h2-3,8,11,25,29-30,34H,4-7,9-10,12,14-23H2,1H3. The third kappa shape index (κ3) is 7.56. The van der Waals surface area contributed by atoms with Crippen LogP contribution in [0.15, 0.2) is 24.3 Å². The summed E-state index contributed by atoms with van der Waals surface area (Å²) in [7, 11) is 2.16. The van der Waals surface area contributed by atoms with Gasteiger partial charge in [-0.2, -0.15) is 15.2 Å². The van der Waals surface area contributed by atoms with Crippen molar-refractivity contribution in [3.8, 4) is 12.1 Å².